The normalized spacial score (nSPS) is 15.6. The van der Waals surface area contributed by atoms with Crippen LogP contribution < -0.4 is 0 Å². The Morgan fingerprint density at radius 1 is 1.26 bits per heavy atom. The summed E-state index contributed by atoms with van der Waals surface area (Å²) in [6, 6.07) is 3.29. The molecule has 5 heteroatoms. The number of rotatable bonds is 3. The van der Waals surface area contributed by atoms with E-state index in [0.29, 0.717) is 37.6 Å². The lowest BCUT2D eigenvalue weighted by molar-refractivity contribution is 0.0299. The number of nitrogens with zero attached hydrogens (tertiary/aromatic N) is 2. The Kier molecular flexibility index (Phi) is 4.27. The lowest BCUT2D eigenvalue weighted by Crippen LogP contribution is -2.41. The summed E-state index contributed by atoms with van der Waals surface area (Å²) in [5.41, 5.74) is 0.927. The van der Waals surface area contributed by atoms with Gasteiger partial charge in [-0.15, -0.1) is 0 Å². The van der Waals surface area contributed by atoms with Crippen molar-refractivity contribution in [2.75, 3.05) is 26.3 Å². The first-order chi connectivity index (χ1) is 9.09. The van der Waals surface area contributed by atoms with Crippen molar-refractivity contribution in [2.24, 2.45) is 5.92 Å². The summed E-state index contributed by atoms with van der Waals surface area (Å²) in [5.74, 6) is -0.132. The van der Waals surface area contributed by atoms with Crippen molar-refractivity contribution in [2.45, 2.75) is 13.8 Å². The Morgan fingerprint density at radius 3 is 2.47 bits per heavy atom. The third-order valence-corrected chi connectivity index (χ3v) is 3.09. The van der Waals surface area contributed by atoms with E-state index in [-0.39, 0.29) is 17.6 Å². The molecule has 0 N–H and O–H groups in total. The van der Waals surface area contributed by atoms with Crippen LogP contribution in [0.1, 0.15) is 34.7 Å². The maximum absolute atomic E-state index is 12.1. The molecule has 1 aliphatic heterocycles. The van der Waals surface area contributed by atoms with Crippen LogP contribution in [0.4, 0.5) is 0 Å². The lowest BCUT2D eigenvalue weighted by Gasteiger charge is -2.26. The lowest BCUT2D eigenvalue weighted by atomic mass is 10.0. The molecule has 1 aromatic rings. The van der Waals surface area contributed by atoms with Gasteiger partial charge in [-0.05, 0) is 12.1 Å². The Bertz CT molecular complexity index is 462. The molecule has 1 fully saturated rings. The minimum Gasteiger partial charge on any atom is -0.378 e. The van der Waals surface area contributed by atoms with E-state index in [4.69, 9.17) is 4.74 Å². The number of carbonyl (C=O) groups excluding carboxylic acids is 2. The smallest absolute Gasteiger partial charge is 0.272 e. The van der Waals surface area contributed by atoms with Crippen LogP contribution in [-0.4, -0.2) is 47.9 Å². The van der Waals surface area contributed by atoms with E-state index in [1.807, 2.05) is 13.8 Å². The van der Waals surface area contributed by atoms with Crippen molar-refractivity contribution in [1.29, 1.82) is 0 Å². The van der Waals surface area contributed by atoms with Gasteiger partial charge in [0.1, 0.15) is 5.69 Å². The Morgan fingerprint density at radius 2 is 1.95 bits per heavy atom. The molecule has 0 saturated carbocycles. The average molecular weight is 262 g/mol. The number of amides is 1. The number of ketones is 1. The molecule has 1 aliphatic rings. The van der Waals surface area contributed by atoms with E-state index >= 15 is 0 Å². The summed E-state index contributed by atoms with van der Waals surface area (Å²) in [6.45, 7) is 6.00. The van der Waals surface area contributed by atoms with Crippen LogP contribution in [0.25, 0.3) is 0 Å². The van der Waals surface area contributed by atoms with Gasteiger partial charge < -0.3 is 9.64 Å². The third-order valence-electron chi connectivity index (χ3n) is 3.09. The van der Waals surface area contributed by atoms with Gasteiger partial charge in [-0.25, -0.2) is 0 Å². The summed E-state index contributed by atoms with van der Waals surface area (Å²) in [5, 5.41) is 0. The molecule has 1 aromatic heterocycles. The molecule has 19 heavy (non-hydrogen) atoms. The van der Waals surface area contributed by atoms with Crippen molar-refractivity contribution in [3.63, 3.8) is 0 Å². The van der Waals surface area contributed by atoms with E-state index in [0.717, 1.165) is 0 Å². The van der Waals surface area contributed by atoms with E-state index in [1.165, 1.54) is 6.20 Å². The zero-order chi connectivity index (χ0) is 13.8. The van der Waals surface area contributed by atoms with E-state index in [9.17, 15) is 9.59 Å². The van der Waals surface area contributed by atoms with Gasteiger partial charge in [-0.3, -0.25) is 14.6 Å². The van der Waals surface area contributed by atoms with Crippen LogP contribution in [0.2, 0.25) is 0 Å². The van der Waals surface area contributed by atoms with Gasteiger partial charge in [0.2, 0.25) is 0 Å². The van der Waals surface area contributed by atoms with Crippen LogP contribution >= 0.6 is 0 Å². The van der Waals surface area contributed by atoms with Crippen molar-refractivity contribution >= 4 is 11.7 Å². The number of pyridine rings is 1. The predicted octanol–water partition coefficient (Wildman–Crippen LogP) is 1.39. The molecule has 0 spiro atoms. The first-order valence-corrected chi connectivity index (χ1v) is 6.47. The molecule has 0 atom stereocenters. The Labute approximate surface area is 112 Å². The molecule has 2 rings (SSSR count). The Balaban J connectivity index is 2.09. The molecule has 0 unspecified atom stereocenters. The van der Waals surface area contributed by atoms with Gasteiger partial charge in [0.05, 0.1) is 13.2 Å². The zero-order valence-electron chi connectivity index (χ0n) is 11.3. The van der Waals surface area contributed by atoms with E-state index in [2.05, 4.69) is 4.98 Å². The molecule has 0 bridgehead atoms. The van der Waals surface area contributed by atoms with Crippen LogP contribution in [-0.2, 0) is 4.74 Å². The zero-order valence-corrected chi connectivity index (χ0v) is 11.3. The number of aromatic nitrogens is 1. The van der Waals surface area contributed by atoms with Gasteiger partial charge in [0.15, 0.2) is 5.78 Å². The second-order valence-electron chi connectivity index (χ2n) is 4.86. The number of hydrogen-bond donors (Lipinski definition) is 0. The number of ether oxygens (including phenoxy) is 1. The van der Waals surface area contributed by atoms with E-state index in [1.54, 1.807) is 17.0 Å². The maximum atomic E-state index is 12.1. The van der Waals surface area contributed by atoms with Crippen LogP contribution in [0, 0.1) is 5.92 Å². The standard InChI is InChI=1S/C14H18N2O3/c1-10(2)13(17)11-3-4-12(15-9-11)14(18)16-5-7-19-8-6-16/h3-4,9-10H,5-8H2,1-2H3. The molecular weight excluding hydrogens is 244 g/mol. The second kappa shape index (κ2) is 5.93. The first-order valence-electron chi connectivity index (χ1n) is 6.47. The molecule has 2 heterocycles. The maximum Gasteiger partial charge on any atom is 0.272 e. The highest BCUT2D eigenvalue weighted by Gasteiger charge is 2.20. The number of hydrogen-bond acceptors (Lipinski definition) is 4. The quantitative estimate of drug-likeness (QED) is 0.772. The van der Waals surface area contributed by atoms with Gasteiger partial charge in [-0.2, -0.15) is 0 Å². The number of Topliss-reactive ketones (excluding diaryl/α,β-unsaturated/α-hetero) is 1. The fourth-order valence-corrected chi connectivity index (χ4v) is 1.93. The summed E-state index contributed by atoms with van der Waals surface area (Å²) >= 11 is 0. The molecule has 0 aliphatic carbocycles. The molecule has 0 aromatic carbocycles. The summed E-state index contributed by atoms with van der Waals surface area (Å²) in [6.07, 6.45) is 1.48. The third kappa shape index (κ3) is 3.17. The summed E-state index contributed by atoms with van der Waals surface area (Å²) < 4.78 is 5.20. The molecule has 0 radical (unpaired) electrons. The molecule has 102 valence electrons. The van der Waals surface area contributed by atoms with Crippen LogP contribution in [0.3, 0.4) is 0 Å². The SMILES string of the molecule is CC(C)C(=O)c1ccc(C(=O)N2CCOCC2)nc1. The number of carbonyl (C=O) groups is 2. The van der Waals surface area contributed by atoms with Crippen LogP contribution in [0.5, 0.6) is 0 Å². The molecule has 1 amide bonds. The second-order valence-corrected chi connectivity index (χ2v) is 4.86. The molecule has 1 saturated heterocycles. The van der Waals surface area contributed by atoms with Crippen molar-refractivity contribution in [1.82, 2.24) is 9.88 Å². The highest BCUT2D eigenvalue weighted by molar-refractivity contribution is 5.98. The molecular formula is C14H18N2O3. The monoisotopic (exact) mass is 262 g/mol. The fraction of sp³-hybridized carbons (Fsp3) is 0.500. The van der Waals surface area contributed by atoms with Crippen LogP contribution in [0.15, 0.2) is 18.3 Å². The highest BCUT2D eigenvalue weighted by Crippen LogP contribution is 2.10. The van der Waals surface area contributed by atoms with Crippen molar-refractivity contribution in [3.05, 3.63) is 29.6 Å². The van der Waals surface area contributed by atoms with Gasteiger partial charge in [0.25, 0.3) is 5.91 Å². The Hall–Kier alpha value is -1.75. The fourth-order valence-electron chi connectivity index (χ4n) is 1.93. The summed E-state index contributed by atoms with van der Waals surface area (Å²) in [4.78, 5) is 29.7. The highest BCUT2D eigenvalue weighted by atomic mass is 16.5. The largest absolute Gasteiger partial charge is 0.378 e. The van der Waals surface area contributed by atoms with E-state index < -0.39 is 0 Å². The van der Waals surface area contributed by atoms with Gasteiger partial charge in [0, 0.05) is 30.8 Å². The minimum absolute atomic E-state index is 0.0397. The van der Waals surface area contributed by atoms with Gasteiger partial charge >= 0.3 is 0 Å². The topological polar surface area (TPSA) is 59.5 Å². The first kappa shape index (κ1) is 13.7. The minimum atomic E-state index is -0.105. The predicted molar refractivity (Wildman–Crippen MR) is 70.1 cm³/mol. The summed E-state index contributed by atoms with van der Waals surface area (Å²) in [7, 11) is 0. The van der Waals surface area contributed by atoms with Crippen molar-refractivity contribution in [3.8, 4) is 0 Å². The van der Waals surface area contributed by atoms with Crippen molar-refractivity contribution < 1.29 is 14.3 Å². The average Bonchev–Trinajstić information content (AvgIpc) is 2.46. The number of morpholine rings is 1. The molecule has 5 nitrogen and oxygen atoms in total. The van der Waals surface area contributed by atoms with Gasteiger partial charge in [-0.1, -0.05) is 13.8 Å².